The van der Waals surface area contributed by atoms with Crippen LogP contribution in [0.3, 0.4) is 0 Å². The van der Waals surface area contributed by atoms with E-state index in [0.29, 0.717) is 29.6 Å². The second kappa shape index (κ2) is 22.9. The largest absolute Gasteiger partial charge is 0.481 e. The standard InChI is InChI=1S/C26H36N4O3.C26H35N3O4/c1-20-7-8-24(28-19-20)30(25(32)22-6-5-17-33-22)21-9-14-29(15-10-21)16-13-26(18-23(27)31)11-3-2-4-12-26;1-20-7-8-23(27-19-20)29(25(32)22-6-5-17-33-22)21-9-14-28(15-10-21)16-13-26(18-24(30)31)11-3-2-4-12-26/h5-8,17,19,21H,2-4,9-16,18H2,1H3,(H2,27,31);5-8,17,19,21H,2-4,9-16,18H2,1H3,(H,30,31). The van der Waals surface area contributed by atoms with Crippen LogP contribution >= 0.6 is 0 Å². The molecule has 4 aliphatic rings. The van der Waals surface area contributed by atoms with Crippen molar-refractivity contribution < 1.29 is 33.1 Å². The maximum absolute atomic E-state index is 13.3. The van der Waals surface area contributed by atoms with E-state index >= 15 is 0 Å². The van der Waals surface area contributed by atoms with Crippen LogP contribution in [-0.2, 0) is 9.59 Å². The normalized spacial score (nSPS) is 19.3. The number of carboxylic acids is 1. The van der Waals surface area contributed by atoms with Crippen molar-refractivity contribution in [3.63, 3.8) is 0 Å². The lowest BCUT2D eigenvalue weighted by Crippen LogP contribution is -2.48. The number of carbonyl (C=O) groups excluding carboxylic acids is 3. The molecule has 66 heavy (non-hydrogen) atoms. The highest BCUT2D eigenvalue weighted by Gasteiger charge is 2.38. The minimum Gasteiger partial charge on any atom is -0.481 e. The summed E-state index contributed by atoms with van der Waals surface area (Å²) in [5.41, 5.74) is 7.74. The van der Waals surface area contributed by atoms with Gasteiger partial charge in [0.05, 0.1) is 18.9 Å². The quantitative estimate of drug-likeness (QED) is 0.109. The van der Waals surface area contributed by atoms with E-state index in [1.54, 1.807) is 41.6 Å². The number of nitrogens with two attached hydrogens (primary N) is 1. The zero-order valence-electron chi connectivity index (χ0n) is 39.2. The van der Waals surface area contributed by atoms with E-state index < -0.39 is 5.97 Å². The van der Waals surface area contributed by atoms with E-state index in [1.165, 1.54) is 38.2 Å². The Hall–Kier alpha value is -5.34. The Labute approximate surface area is 390 Å². The van der Waals surface area contributed by atoms with Crippen LogP contribution in [0, 0.1) is 24.7 Å². The number of nitrogens with zero attached hydrogens (tertiary/aromatic N) is 6. The van der Waals surface area contributed by atoms with Crippen molar-refractivity contribution in [2.75, 3.05) is 49.1 Å². The number of hydrogen-bond donors (Lipinski definition) is 2. The number of aliphatic carboxylic acids is 1. The van der Waals surface area contributed by atoms with Gasteiger partial charge < -0.3 is 29.5 Å². The lowest BCUT2D eigenvalue weighted by Gasteiger charge is -2.41. The number of aryl methyl sites for hydroxylation is 2. The van der Waals surface area contributed by atoms with Crippen molar-refractivity contribution in [1.29, 1.82) is 0 Å². The topological polar surface area (TPSA) is 180 Å². The molecule has 4 aromatic rings. The summed E-state index contributed by atoms with van der Waals surface area (Å²) >= 11 is 0. The maximum Gasteiger partial charge on any atom is 0.303 e. The van der Waals surface area contributed by atoms with Crippen molar-refractivity contribution in [3.8, 4) is 0 Å². The first-order chi connectivity index (χ1) is 31.9. The van der Waals surface area contributed by atoms with Gasteiger partial charge in [-0.3, -0.25) is 29.0 Å². The monoisotopic (exact) mass is 906 g/mol. The molecule has 2 saturated heterocycles. The van der Waals surface area contributed by atoms with Gasteiger partial charge in [0.2, 0.25) is 5.91 Å². The predicted molar refractivity (Wildman–Crippen MR) is 254 cm³/mol. The number of aromatic nitrogens is 2. The minimum absolute atomic E-state index is 0.0476. The van der Waals surface area contributed by atoms with Gasteiger partial charge in [0.1, 0.15) is 11.6 Å². The molecular weight excluding hydrogens is 835 g/mol. The number of anilines is 2. The van der Waals surface area contributed by atoms with Crippen molar-refractivity contribution in [1.82, 2.24) is 19.8 Å². The molecule has 4 aromatic heterocycles. The molecule has 356 valence electrons. The second-order valence-corrected chi connectivity index (χ2v) is 19.7. The molecule has 2 aliphatic heterocycles. The van der Waals surface area contributed by atoms with E-state index in [-0.39, 0.29) is 47.1 Å². The number of likely N-dealkylation sites (tertiary alicyclic amines) is 2. The van der Waals surface area contributed by atoms with Crippen LogP contribution in [0.1, 0.15) is 148 Å². The molecule has 8 rings (SSSR count). The van der Waals surface area contributed by atoms with E-state index in [1.807, 2.05) is 43.0 Å². The first-order valence-electron chi connectivity index (χ1n) is 24.5. The van der Waals surface area contributed by atoms with Gasteiger partial charge in [0, 0.05) is 57.1 Å². The van der Waals surface area contributed by atoms with Gasteiger partial charge in [0.25, 0.3) is 11.8 Å². The highest BCUT2D eigenvalue weighted by atomic mass is 16.4. The van der Waals surface area contributed by atoms with Crippen molar-refractivity contribution in [2.45, 2.75) is 142 Å². The van der Waals surface area contributed by atoms with E-state index in [0.717, 1.165) is 127 Å². The molecule has 0 spiro atoms. The summed E-state index contributed by atoms with van der Waals surface area (Å²) in [6.45, 7) is 9.51. The number of rotatable bonds is 16. The Morgan fingerprint density at radius 3 is 1.38 bits per heavy atom. The molecular formula is C52H71N7O7. The molecule has 3 amide bonds. The Morgan fingerprint density at radius 2 is 1.05 bits per heavy atom. The van der Waals surface area contributed by atoms with Gasteiger partial charge in [0.15, 0.2) is 11.5 Å². The molecule has 4 fully saturated rings. The highest BCUT2D eigenvalue weighted by molar-refractivity contribution is 6.04. The Kier molecular flexibility index (Phi) is 16.9. The number of pyridine rings is 2. The van der Waals surface area contributed by atoms with Crippen molar-refractivity contribution in [3.05, 3.63) is 96.1 Å². The van der Waals surface area contributed by atoms with Crippen molar-refractivity contribution >= 4 is 35.3 Å². The first-order valence-corrected chi connectivity index (χ1v) is 24.5. The third-order valence-electron chi connectivity index (χ3n) is 14.9. The Balaban J connectivity index is 0.000000196. The highest BCUT2D eigenvalue weighted by Crippen LogP contribution is 2.44. The summed E-state index contributed by atoms with van der Waals surface area (Å²) in [4.78, 5) is 67.4. The average molecular weight is 906 g/mol. The van der Waals surface area contributed by atoms with Gasteiger partial charge >= 0.3 is 5.97 Å². The zero-order chi connectivity index (χ0) is 46.5. The predicted octanol–water partition coefficient (Wildman–Crippen LogP) is 9.22. The lowest BCUT2D eigenvalue weighted by atomic mass is 9.69. The molecule has 14 heteroatoms. The smallest absolute Gasteiger partial charge is 0.303 e. The van der Waals surface area contributed by atoms with Crippen LogP contribution in [0.15, 0.2) is 82.3 Å². The average Bonchev–Trinajstić information content (AvgIpc) is 4.07. The van der Waals surface area contributed by atoms with E-state index in [4.69, 9.17) is 14.6 Å². The summed E-state index contributed by atoms with van der Waals surface area (Å²) < 4.78 is 10.8. The summed E-state index contributed by atoms with van der Waals surface area (Å²) in [6.07, 6.45) is 24.3. The fourth-order valence-electron chi connectivity index (χ4n) is 11.1. The molecule has 6 heterocycles. The van der Waals surface area contributed by atoms with Crippen LogP contribution in [0.5, 0.6) is 0 Å². The summed E-state index contributed by atoms with van der Waals surface area (Å²) in [5.74, 6) is 0.848. The van der Waals surface area contributed by atoms with E-state index in [9.17, 15) is 24.3 Å². The molecule has 0 unspecified atom stereocenters. The number of amides is 3. The van der Waals surface area contributed by atoms with Crippen LogP contribution < -0.4 is 15.5 Å². The minimum atomic E-state index is -0.673. The summed E-state index contributed by atoms with van der Waals surface area (Å²) in [5, 5.41) is 9.45. The van der Waals surface area contributed by atoms with Gasteiger partial charge in [-0.05, 0) is 150 Å². The lowest BCUT2D eigenvalue weighted by molar-refractivity contribution is -0.140. The van der Waals surface area contributed by atoms with Gasteiger partial charge in [-0.2, -0.15) is 0 Å². The molecule has 0 atom stereocenters. The Morgan fingerprint density at radius 1 is 0.636 bits per heavy atom. The number of piperidine rings is 2. The summed E-state index contributed by atoms with van der Waals surface area (Å²) in [7, 11) is 0. The molecule has 14 nitrogen and oxygen atoms in total. The van der Waals surface area contributed by atoms with Crippen LogP contribution in [0.25, 0.3) is 0 Å². The van der Waals surface area contributed by atoms with Gasteiger partial charge in [-0.15, -0.1) is 0 Å². The maximum atomic E-state index is 13.3. The number of primary amides is 1. The molecule has 0 radical (unpaired) electrons. The summed E-state index contributed by atoms with van der Waals surface area (Å²) in [6, 6.07) is 14.8. The van der Waals surface area contributed by atoms with Gasteiger partial charge in [-0.1, -0.05) is 50.7 Å². The zero-order valence-corrected chi connectivity index (χ0v) is 39.2. The SMILES string of the molecule is Cc1ccc(N(C(=O)c2ccco2)C2CCN(CCC3(CC(=O)O)CCCCC3)CC2)nc1.Cc1ccc(N(C(=O)c2ccco2)C2CCN(CCC3(CC(N)=O)CCCCC3)CC2)nc1. The van der Waals surface area contributed by atoms with E-state index in [2.05, 4.69) is 19.8 Å². The molecule has 0 bridgehead atoms. The van der Waals surface area contributed by atoms with Crippen LogP contribution in [0.4, 0.5) is 11.6 Å². The molecule has 2 saturated carbocycles. The van der Waals surface area contributed by atoms with Crippen molar-refractivity contribution in [2.24, 2.45) is 16.6 Å². The number of furan rings is 2. The van der Waals surface area contributed by atoms with Crippen LogP contribution in [-0.4, -0.2) is 99.9 Å². The molecule has 3 N–H and O–H groups in total. The fraction of sp³-hybridized carbons (Fsp3) is 0.577. The Bertz CT molecular complexity index is 1980. The molecule has 0 aromatic carbocycles. The third kappa shape index (κ3) is 13.0. The van der Waals surface area contributed by atoms with Gasteiger partial charge in [-0.25, -0.2) is 9.97 Å². The number of carboxylic acid groups (broad SMARTS) is 1. The first kappa shape index (κ1) is 48.6. The van der Waals surface area contributed by atoms with Crippen LogP contribution in [0.2, 0.25) is 0 Å². The molecule has 2 aliphatic carbocycles. The second-order valence-electron chi connectivity index (χ2n) is 19.7. The number of hydrogen-bond acceptors (Lipinski definition) is 10. The fourth-order valence-corrected chi connectivity index (χ4v) is 11.1. The number of carbonyl (C=O) groups is 4. The third-order valence-corrected chi connectivity index (χ3v) is 14.9.